The second-order valence-electron chi connectivity index (χ2n) is 3.78. The van der Waals surface area contributed by atoms with Gasteiger partial charge in [0.25, 0.3) is 0 Å². The summed E-state index contributed by atoms with van der Waals surface area (Å²) < 4.78 is 1.54. The average molecular weight is 264 g/mol. The van der Waals surface area contributed by atoms with Crippen molar-refractivity contribution >= 4 is 17.7 Å². The molecule has 2 rings (SSSR count). The molecule has 0 aliphatic heterocycles. The largest absolute Gasteiger partial charge is 0.478 e. The van der Waals surface area contributed by atoms with Crippen molar-refractivity contribution in [1.82, 2.24) is 19.7 Å². The lowest BCUT2D eigenvalue weighted by molar-refractivity contribution is 0.0692. The maximum absolute atomic E-state index is 11.2. The van der Waals surface area contributed by atoms with Crippen LogP contribution in [0.25, 0.3) is 0 Å². The van der Waals surface area contributed by atoms with Crippen LogP contribution in [-0.2, 0) is 7.05 Å². The molecule has 0 fully saturated rings. The summed E-state index contributed by atoms with van der Waals surface area (Å²) in [6, 6.07) is 1.79. The molecule has 6 nitrogen and oxygen atoms in total. The number of aromatic carboxylic acids is 1. The first-order valence-electron chi connectivity index (χ1n) is 5.23. The fourth-order valence-corrected chi connectivity index (χ4v) is 2.55. The smallest absolute Gasteiger partial charge is 0.340 e. The van der Waals surface area contributed by atoms with Gasteiger partial charge in [0.05, 0.1) is 5.69 Å². The lowest BCUT2D eigenvalue weighted by Gasteiger charge is -2.02. The quantitative estimate of drug-likeness (QED) is 0.849. The standard InChI is InChI=1S/C11H12N4O2S/c1-6-4-5-12-11(13-6)18-9-8(10(16)17)7(2)14-15(9)3/h4-5H,1-3H3,(H,16,17). The van der Waals surface area contributed by atoms with E-state index in [1.807, 2.05) is 6.92 Å². The molecule has 0 radical (unpaired) electrons. The zero-order valence-corrected chi connectivity index (χ0v) is 11.0. The Balaban J connectivity index is 2.43. The van der Waals surface area contributed by atoms with Gasteiger partial charge in [0.15, 0.2) is 5.16 Å². The third-order valence-electron chi connectivity index (χ3n) is 2.34. The molecular weight excluding hydrogens is 252 g/mol. The number of carboxylic acid groups (broad SMARTS) is 1. The molecule has 18 heavy (non-hydrogen) atoms. The molecule has 1 N–H and O–H groups in total. The van der Waals surface area contributed by atoms with Crippen molar-refractivity contribution < 1.29 is 9.90 Å². The van der Waals surface area contributed by atoms with Crippen molar-refractivity contribution in [2.75, 3.05) is 0 Å². The SMILES string of the molecule is Cc1ccnc(Sc2c(C(=O)O)c(C)nn2C)n1. The Hall–Kier alpha value is -1.89. The Kier molecular flexibility index (Phi) is 3.33. The van der Waals surface area contributed by atoms with Crippen LogP contribution in [0.1, 0.15) is 21.7 Å². The summed E-state index contributed by atoms with van der Waals surface area (Å²) in [4.78, 5) is 19.5. The van der Waals surface area contributed by atoms with Gasteiger partial charge in [-0.1, -0.05) is 0 Å². The maximum Gasteiger partial charge on any atom is 0.340 e. The van der Waals surface area contributed by atoms with Gasteiger partial charge in [-0.05, 0) is 31.7 Å². The first kappa shape index (κ1) is 12.6. The zero-order chi connectivity index (χ0) is 13.3. The van der Waals surface area contributed by atoms with Crippen molar-refractivity contribution in [2.24, 2.45) is 7.05 Å². The van der Waals surface area contributed by atoms with E-state index < -0.39 is 5.97 Å². The number of rotatable bonds is 3. The number of aromatic nitrogens is 4. The number of carbonyl (C=O) groups is 1. The van der Waals surface area contributed by atoms with E-state index in [-0.39, 0.29) is 5.56 Å². The van der Waals surface area contributed by atoms with E-state index in [0.29, 0.717) is 15.9 Å². The predicted molar refractivity (Wildman–Crippen MR) is 65.8 cm³/mol. The van der Waals surface area contributed by atoms with Gasteiger partial charge in [0.2, 0.25) is 0 Å². The zero-order valence-electron chi connectivity index (χ0n) is 10.2. The van der Waals surface area contributed by atoms with Crippen molar-refractivity contribution in [1.29, 1.82) is 0 Å². The molecule has 0 spiro atoms. The Bertz CT molecular complexity index is 609. The minimum atomic E-state index is -0.990. The van der Waals surface area contributed by atoms with Crippen LogP contribution in [0.15, 0.2) is 22.4 Å². The molecule has 0 saturated carbocycles. The van der Waals surface area contributed by atoms with E-state index in [4.69, 9.17) is 0 Å². The summed E-state index contributed by atoms with van der Waals surface area (Å²) in [7, 11) is 1.71. The van der Waals surface area contributed by atoms with Crippen molar-refractivity contribution in [2.45, 2.75) is 24.0 Å². The van der Waals surface area contributed by atoms with E-state index in [2.05, 4.69) is 15.1 Å². The van der Waals surface area contributed by atoms with Crippen LogP contribution >= 0.6 is 11.8 Å². The van der Waals surface area contributed by atoms with Gasteiger partial charge in [-0.3, -0.25) is 4.68 Å². The predicted octanol–water partition coefficient (Wildman–Crippen LogP) is 1.68. The number of carboxylic acids is 1. The molecule has 0 bridgehead atoms. The summed E-state index contributed by atoms with van der Waals surface area (Å²) in [5, 5.41) is 14.3. The van der Waals surface area contributed by atoms with Gasteiger partial charge in [-0.15, -0.1) is 0 Å². The van der Waals surface area contributed by atoms with Crippen LogP contribution in [0.2, 0.25) is 0 Å². The topological polar surface area (TPSA) is 80.9 Å². The lowest BCUT2D eigenvalue weighted by Crippen LogP contribution is -2.01. The molecule has 0 amide bonds. The van der Waals surface area contributed by atoms with E-state index in [0.717, 1.165) is 5.69 Å². The number of aryl methyl sites for hydroxylation is 3. The molecule has 0 aliphatic carbocycles. The number of hydrogen-bond acceptors (Lipinski definition) is 5. The van der Waals surface area contributed by atoms with E-state index in [9.17, 15) is 9.90 Å². The number of nitrogens with zero attached hydrogens (tertiary/aromatic N) is 4. The maximum atomic E-state index is 11.2. The summed E-state index contributed by atoms with van der Waals surface area (Å²) in [5.41, 5.74) is 1.52. The third-order valence-corrected chi connectivity index (χ3v) is 3.39. The fraction of sp³-hybridized carbons (Fsp3) is 0.273. The molecule has 0 unspecified atom stereocenters. The first-order chi connectivity index (χ1) is 8.49. The van der Waals surface area contributed by atoms with Gasteiger partial charge in [0.1, 0.15) is 10.6 Å². The highest BCUT2D eigenvalue weighted by molar-refractivity contribution is 7.99. The van der Waals surface area contributed by atoms with Crippen molar-refractivity contribution in [3.8, 4) is 0 Å². The van der Waals surface area contributed by atoms with Crippen LogP contribution in [0, 0.1) is 13.8 Å². The monoisotopic (exact) mass is 264 g/mol. The highest BCUT2D eigenvalue weighted by Gasteiger charge is 2.21. The van der Waals surface area contributed by atoms with Crippen LogP contribution < -0.4 is 0 Å². The molecule has 0 atom stereocenters. The summed E-state index contributed by atoms with van der Waals surface area (Å²) in [6.45, 7) is 3.53. The van der Waals surface area contributed by atoms with E-state index >= 15 is 0 Å². The summed E-state index contributed by atoms with van der Waals surface area (Å²) >= 11 is 1.20. The molecule has 0 aromatic carbocycles. The Morgan fingerprint density at radius 3 is 2.78 bits per heavy atom. The minimum Gasteiger partial charge on any atom is -0.478 e. The lowest BCUT2D eigenvalue weighted by atomic mass is 10.3. The molecule has 2 aromatic heterocycles. The normalized spacial score (nSPS) is 10.6. The molecule has 7 heteroatoms. The van der Waals surface area contributed by atoms with Crippen LogP contribution in [0.5, 0.6) is 0 Å². The van der Waals surface area contributed by atoms with E-state index in [1.54, 1.807) is 26.2 Å². The van der Waals surface area contributed by atoms with Gasteiger partial charge < -0.3 is 5.11 Å². The molecule has 2 aromatic rings. The average Bonchev–Trinajstić information content (AvgIpc) is 2.53. The Labute approximate surface area is 108 Å². The number of hydrogen-bond donors (Lipinski definition) is 1. The van der Waals surface area contributed by atoms with E-state index in [1.165, 1.54) is 16.4 Å². The second kappa shape index (κ2) is 4.77. The first-order valence-corrected chi connectivity index (χ1v) is 6.05. The van der Waals surface area contributed by atoms with Crippen molar-refractivity contribution in [3.63, 3.8) is 0 Å². The molecule has 0 aliphatic rings. The van der Waals surface area contributed by atoms with Gasteiger partial charge in [-0.2, -0.15) is 5.10 Å². The summed E-state index contributed by atoms with van der Waals surface area (Å²) in [5.74, 6) is -0.990. The molecular formula is C11H12N4O2S. The Morgan fingerprint density at radius 1 is 1.44 bits per heavy atom. The van der Waals surface area contributed by atoms with Crippen LogP contribution in [0.4, 0.5) is 0 Å². The molecule has 0 saturated heterocycles. The minimum absolute atomic E-state index is 0.201. The van der Waals surface area contributed by atoms with Crippen LogP contribution in [-0.4, -0.2) is 30.8 Å². The van der Waals surface area contributed by atoms with Crippen molar-refractivity contribution in [3.05, 3.63) is 29.2 Å². The second-order valence-corrected chi connectivity index (χ2v) is 4.73. The highest BCUT2D eigenvalue weighted by atomic mass is 32.2. The summed E-state index contributed by atoms with van der Waals surface area (Å²) in [6.07, 6.45) is 1.65. The Morgan fingerprint density at radius 2 is 2.17 bits per heavy atom. The third kappa shape index (κ3) is 2.35. The van der Waals surface area contributed by atoms with Gasteiger partial charge in [-0.25, -0.2) is 14.8 Å². The fourth-order valence-electron chi connectivity index (χ4n) is 1.56. The van der Waals surface area contributed by atoms with Crippen LogP contribution in [0.3, 0.4) is 0 Å². The highest BCUT2D eigenvalue weighted by Crippen LogP contribution is 2.29. The molecule has 2 heterocycles. The van der Waals surface area contributed by atoms with Gasteiger partial charge >= 0.3 is 5.97 Å². The van der Waals surface area contributed by atoms with Gasteiger partial charge in [0, 0.05) is 18.9 Å². The molecule has 94 valence electrons.